The molecule has 0 spiro atoms. The molecule has 9 nitrogen and oxygen atoms in total. The lowest BCUT2D eigenvalue weighted by molar-refractivity contribution is -0.143. The van der Waals surface area contributed by atoms with Crippen LogP contribution in [-0.4, -0.2) is 51.9 Å². The standard InChI is InChI=1S/C33H29BF6N2O7/c35-32(36,37)19-11-20(33(38,39)40)13-21(12-19)42-30(45)24-10-18(15-43)28-25(29(24)31(42)46)14-34(47)49-27(28)7-4-17(26-3-1-2-8-41-26)9-22-5-6-23(16-44)48-22/h1-3,5-6,8-9,11-13,24-25,27,29,43-44,47H,4,7,10,14-16H2/b17-9-/t24-,25+,27-,29-/m1/s1. The fraction of sp³-hybridized carbons (Fsp3) is 0.364. The largest absolute Gasteiger partial charge is 0.459 e. The van der Waals surface area contributed by atoms with Gasteiger partial charge in [-0.3, -0.25) is 14.6 Å². The number of benzene rings is 1. The van der Waals surface area contributed by atoms with Crippen LogP contribution < -0.4 is 4.90 Å². The smallest absolute Gasteiger partial charge is 0.455 e. The summed E-state index contributed by atoms with van der Waals surface area (Å²) in [4.78, 5) is 32.3. The van der Waals surface area contributed by atoms with Gasteiger partial charge in [0.2, 0.25) is 11.8 Å². The van der Waals surface area contributed by atoms with E-state index >= 15 is 0 Å². The molecule has 2 amide bonds. The summed E-state index contributed by atoms with van der Waals surface area (Å²) in [6.45, 7) is -0.869. The molecule has 1 aliphatic carbocycles. The molecule has 0 bridgehead atoms. The van der Waals surface area contributed by atoms with E-state index in [1.54, 1.807) is 42.6 Å². The van der Waals surface area contributed by atoms with Crippen molar-refractivity contribution in [2.24, 2.45) is 17.8 Å². The Bertz CT molecular complexity index is 1770. The normalized spacial score (nSPS) is 23.3. The molecule has 2 fully saturated rings. The minimum absolute atomic E-state index is 0.0877. The summed E-state index contributed by atoms with van der Waals surface area (Å²) in [5.74, 6) is -4.54. The maximum atomic E-state index is 13.9. The van der Waals surface area contributed by atoms with Crippen LogP contribution in [0.4, 0.5) is 32.0 Å². The Labute approximate surface area is 275 Å². The summed E-state index contributed by atoms with van der Waals surface area (Å²) in [6, 6.07) is 9.12. The number of nitrogens with zero attached hydrogens (tertiary/aromatic N) is 2. The van der Waals surface area contributed by atoms with Gasteiger partial charge < -0.3 is 24.3 Å². The van der Waals surface area contributed by atoms with Gasteiger partial charge >= 0.3 is 19.5 Å². The number of halogens is 6. The van der Waals surface area contributed by atoms with E-state index in [2.05, 4.69) is 4.98 Å². The monoisotopic (exact) mass is 690 g/mol. The summed E-state index contributed by atoms with van der Waals surface area (Å²) in [6.07, 6.45) is -7.89. The summed E-state index contributed by atoms with van der Waals surface area (Å²) in [5.41, 5.74) is -2.15. The van der Waals surface area contributed by atoms with Crippen molar-refractivity contribution in [1.82, 2.24) is 4.98 Å². The van der Waals surface area contributed by atoms with Gasteiger partial charge in [0.1, 0.15) is 18.1 Å². The fourth-order valence-corrected chi connectivity index (χ4v) is 7.07. The van der Waals surface area contributed by atoms with Crippen LogP contribution in [0.15, 0.2) is 70.3 Å². The van der Waals surface area contributed by atoms with Gasteiger partial charge in [0.15, 0.2) is 0 Å². The van der Waals surface area contributed by atoms with Crippen molar-refractivity contribution >= 4 is 36.3 Å². The zero-order chi connectivity index (χ0) is 35.2. The number of carbonyl (C=O) groups excluding carboxylic acids is 2. The summed E-state index contributed by atoms with van der Waals surface area (Å²) in [5, 5.41) is 30.6. The Kier molecular flexibility index (Phi) is 9.34. The maximum Gasteiger partial charge on any atom is 0.455 e. The molecule has 2 saturated heterocycles. The number of furan rings is 1. The molecule has 0 saturated carbocycles. The molecule has 3 N–H and O–H groups in total. The minimum Gasteiger partial charge on any atom is -0.459 e. The molecular formula is C33H29BF6N2O7. The fourth-order valence-electron chi connectivity index (χ4n) is 7.07. The molecule has 4 atom stereocenters. The second-order valence-electron chi connectivity index (χ2n) is 12.1. The predicted molar refractivity (Wildman–Crippen MR) is 162 cm³/mol. The highest BCUT2D eigenvalue weighted by molar-refractivity contribution is 6.43. The summed E-state index contributed by atoms with van der Waals surface area (Å²) in [7, 11) is -1.43. The van der Waals surface area contributed by atoms with E-state index in [1.165, 1.54) is 0 Å². The Balaban J connectivity index is 1.33. The third-order valence-electron chi connectivity index (χ3n) is 9.15. The quantitative estimate of drug-likeness (QED) is 0.122. The van der Waals surface area contributed by atoms with Crippen molar-refractivity contribution in [3.8, 4) is 0 Å². The van der Waals surface area contributed by atoms with Gasteiger partial charge in [-0.1, -0.05) is 6.07 Å². The highest BCUT2D eigenvalue weighted by Crippen LogP contribution is 2.52. The van der Waals surface area contributed by atoms with Gasteiger partial charge in [-0.2, -0.15) is 26.3 Å². The number of imide groups is 1. The van der Waals surface area contributed by atoms with Crippen molar-refractivity contribution in [3.63, 3.8) is 0 Å². The molecule has 2 aliphatic heterocycles. The maximum absolute atomic E-state index is 13.9. The molecule has 4 heterocycles. The van der Waals surface area contributed by atoms with Crippen LogP contribution in [0.3, 0.4) is 0 Å². The Morgan fingerprint density at radius 3 is 2.27 bits per heavy atom. The Hall–Kier alpha value is -4.25. The number of alkyl halides is 6. The molecule has 3 aromatic rings. The van der Waals surface area contributed by atoms with Crippen molar-refractivity contribution in [2.75, 3.05) is 11.5 Å². The SMILES string of the molecule is O=C1[C@@H]2[C@@H](CC(CO)=C3[C@@H](CC/C(=C/c4ccc(CO)o4)c4ccccn4)OB(O)C[C@@H]32)C(=O)N1c1cc(C(F)(F)F)cc(C(F)(F)F)c1. The summed E-state index contributed by atoms with van der Waals surface area (Å²) < 4.78 is 93.4. The van der Waals surface area contributed by atoms with Crippen molar-refractivity contribution in [3.05, 3.63) is 94.2 Å². The zero-order valence-corrected chi connectivity index (χ0v) is 25.5. The molecule has 0 unspecified atom stereocenters. The number of aromatic nitrogens is 1. The lowest BCUT2D eigenvalue weighted by atomic mass is 9.58. The lowest BCUT2D eigenvalue weighted by Gasteiger charge is -2.42. The van der Waals surface area contributed by atoms with Crippen LogP contribution in [0.25, 0.3) is 11.6 Å². The first-order valence-corrected chi connectivity index (χ1v) is 15.3. The van der Waals surface area contributed by atoms with E-state index < -0.39 is 78.6 Å². The Morgan fingerprint density at radius 2 is 1.67 bits per heavy atom. The van der Waals surface area contributed by atoms with Crippen LogP contribution in [0.2, 0.25) is 6.32 Å². The van der Waals surface area contributed by atoms with Gasteiger partial charge in [0, 0.05) is 6.20 Å². The number of allylic oxidation sites excluding steroid dienone is 1. The number of pyridine rings is 1. The first-order valence-electron chi connectivity index (χ1n) is 15.3. The number of fused-ring (bicyclic) bond motifs is 3. The van der Waals surface area contributed by atoms with Crippen LogP contribution in [0.1, 0.15) is 47.6 Å². The van der Waals surface area contributed by atoms with Crippen molar-refractivity contribution in [1.29, 1.82) is 0 Å². The van der Waals surface area contributed by atoms with Gasteiger partial charge in [-0.25, -0.2) is 4.90 Å². The van der Waals surface area contributed by atoms with Crippen LogP contribution in [-0.2, 0) is 33.2 Å². The topological polar surface area (TPSA) is 133 Å². The van der Waals surface area contributed by atoms with Gasteiger partial charge in [0.05, 0.1) is 47.1 Å². The van der Waals surface area contributed by atoms with E-state index in [1.807, 2.05) is 0 Å². The van der Waals surface area contributed by atoms with Gasteiger partial charge in [0.25, 0.3) is 0 Å². The van der Waals surface area contributed by atoms with Gasteiger partial charge in [-0.05, 0) is 96.8 Å². The van der Waals surface area contributed by atoms with Crippen LogP contribution in [0.5, 0.6) is 0 Å². The Morgan fingerprint density at radius 1 is 0.959 bits per heavy atom. The van der Waals surface area contributed by atoms with E-state index in [0.29, 0.717) is 51.0 Å². The summed E-state index contributed by atoms with van der Waals surface area (Å²) >= 11 is 0. The number of aliphatic hydroxyl groups is 2. The van der Waals surface area contributed by atoms with E-state index in [9.17, 15) is 51.2 Å². The molecule has 0 radical (unpaired) electrons. The molecule has 258 valence electrons. The molecule has 6 rings (SSSR count). The second kappa shape index (κ2) is 13.2. The zero-order valence-electron chi connectivity index (χ0n) is 25.5. The van der Waals surface area contributed by atoms with Crippen LogP contribution >= 0.6 is 0 Å². The number of rotatable bonds is 8. The lowest BCUT2D eigenvalue weighted by Crippen LogP contribution is -2.46. The highest BCUT2D eigenvalue weighted by Gasteiger charge is 2.58. The van der Waals surface area contributed by atoms with Crippen molar-refractivity contribution in [2.45, 2.75) is 50.6 Å². The van der Waals surface area contributed by atoms with Gasteiger partial charge in [-0.15, -0.1) is 0 Å². The molecule has 49 heavy (non-hydrogen) atoms. The first kappa shape index (κ1) is 34.6. The molecule has 3 aliphatic rings. The molecule has 1 aromatic carbocycles. The average molecular weight is 690 g/mol. The number of carbonyl (C=O) groups is 2. The number of amides is 2. The second-order valence-corrected chi connectivity index (χ2v) is 12.1. The third kappa shape index (κ3) is 6.82. The third-order valence-corrected chi connectivity index (χ3v) is 9.15. The van der Waals surface area contributed by atoms with Crippen LogP contribution in [0, 0.1) is 17.8 Å². The average Bonchev–Trinajstić information content (AvgIpc) is 3.62. The highest BCUT2D eigenvalue weighted by atomic mass is 19.4. The number of anilines is 1. The minimum atomic E-state index is -5.20. The molecule has 16 heteroatoms. The molecular weight excluding hydrogens is 661 g/mol. The first-order chi connectivity index (χ1) is 23.2. The number of aliphatic hydroxyl groups excluding tert-OH is 2. The van der Waals surface area contributed by atoms with Crippen molar-refractivity contribution < 1.29 is 60.2 Å². The molecule has 2 aromatic heterocycles. The van der Waals surface area contributed by atoms with E-state index in [4.69, 9.17) is 9.07 Å². The number of hydrogen-bond acceptors (Lipinski definition) is 8. The number of hydrogen-bond donors (Lipinski definition) is 3. The van der Waals surface area contributed by atoms with E-state index in [-0.39, 0.29) is 38.3 Å². The predicted octanol–water partition coefficient (Wildman–Crippen LogP) is 5.52. The van der Waals surface area contributed by atoms with E-state index in [0.717, 1.165) is 0 Å².